The van der Waals surface area contributed by atoms with E-state index in [-0.39, 0.29) is 5.82 Å². The fourth-order valence-corrected chi connectivity index (χ4v) is 3.37. The summed E-state index contributed by atoms with van der Waals surface area (Å²) in [5.74, 6) is 1.13. The average molecular weight is 367 g/mol. The van der Waals surface area contributed by atoms with Crippen LogP contribution in [-0.2, 0) is 5.75 Å². The lowest BCUT2D eigenvalue weighted by Crippen LogP contribution is -1.98. The number of nitrogens with zero attached hydrogens (tertiary/aromatic N) is 5. The van der Waals surface area contributed by atoms with E-state index in [0.717, 1.165) is 22.0 Å². The number of hydrogen-bond acceptors (Lipinski definition) is 6. The lowest BCUT2D eigenvalue weighted by molar-refractivity contribution is 0.414. The summed E-state index contributed by atoms with van der Waals surface area (Å²) < 4.78 is 19.9. The maximum Gasteiger partial charge on any atom is 0.187 e. The number of benzene rings is 2. The molecule has 2 heterocycles. The van der Waals surface area contributed by atoms with Crippen LogP contribution in [0.4, 0.5) is 4.39 Å². The van der Waals surface area contributed by atoms with Gasteiger partial charge in [-0.1, -0.05) is 35.2 Å². The molecule has 0 spiro atoms. The Balaban J connectivity index is 1.65. The number of ether oxygens (including phenoxy) is 1. The second-order valence-electron chi connectivity index (χ2n) is 5.47. The van der Waals surface area contributed by atoms with E-state index in [1.54, 1.807) is 23.9 Å². The van der Waals surface area contributed by atoms with Crippen molar-refractivity contribution in [2.75, 3.05) is 7.11 Å². The van der Waals surface area contributed by atoms with Gasteiger partial charge in [-0.25, -0.2) is 14.4 Å². The molecule has 0 radical (unpaired) electrons. The Bertz CT molecular complexity index is 1050. The first-order chi connectivity index (χ1) is 12.7. The van der Waals surface area contributed by atoms with Crippen molar-refractivity contribution in [2.24, 2.45) is 0 Å². The molecule has 4 rings (SSSR count). The predicted molar refractivity (Wildman–Crippen MR) is 97.0 cm³/mol. The minimum absolute atomic E-state index is 0.246. The second-order valence-corrected chi connectivity index (χ2v) is 6.43. The standard InChI is InChI=1S/C18H14FN5OS/c1-25-15-4-2-3-14(9-15)24-17-16(22-23-24)18(21-11-20-17)26-10-12-5-7-13(19)8-6-12/h2-9,11H,10H2,1H3. The van der Waals surface area contributed by atoms with Crippen LogP contribution >= 0.6 is 11.8 Å². The number of fused-ring (bicyclic) bond motifs is 1. The molecule has 2 aromatic heterocycles. The Hall–Kier alpha value is -3.00. The molecule has 0 aliphatic rings. The molecule has 8 heteroatoms. The normalized spacial score (nSPS) is 11.0. The van der Waals surface area contributed by atoms with E-state index in [1.807, 2.05) is 24.3 Å². The number of hydrogen-bond donors (Lipinski definition) is 0. The number of rotatable bonds is 5. The van der Waals surface area contributed by atoms with Crippen molar-refractivity contribution >= 4 is 22.9 Å². The molecule has 0 saturated carbocycles. The minimum Gasteiger partial charge on any atom is -0.497 e. The van der Waals surface area contributed by atoms with Crippen molar-refractivity contribution in [3.63, 3.8) is 0 Å². The van der Waals surface area contributed by atoms with Gasteiger partial charge in [0.15, 0.2) is 11.2 Å². The van der Waals surface area contributed by atoms with E-state index in [0.29, 0.717) is 16.9 Å². The molecule has 0 N–H and O–H groups in total. The zero-order valence-electron chi connectivity index (χ0n) is 13.8. The highest BCUT2D eigenvalue weighted by Gasteiger charge is 2.14. The third-order valence-electron chi connectivity index (χ3n) is 3.79. The van der Waals surface area contributed by atoms with Crippen molar-refractivity contribution in [3.05, 3.63) is 66.2 Å². The zero-order chi connectivity index (χ0) is 17.9. The van der Waals surface area contributed by atoms with Crippen LogP contribution in [-0.4, -0.2) is 32.1 Å². The third kappa shape index (κ3) is 3.23. The monoisotopic (exact) mass is 367 g/mol. The van der Waals surface area contributed by atoms with Gasteiger partial charge >= 0.3 is 0 Å². The maximum atomic E-state index is 13.0. The summed E-state index contributed by atoms with van der Waals surface area (Å²) in [6.07, 6.45) is 1.50. The van der Waals surface area contributed by atoms with Crippen LogP contribution in [0.2, 0.25) is 0 Å². The topological polar surface area (TPSA) is 65.7 Å². The smallest absolute Gasteiger partial charge is 0.187 e. The minimum atomic E-state index is -0.246. The molecule has 130 valence electrons. The summed E-state index contributed by atoms with van der Waals surface area (Å²) in [5.41, 5.74) is 3.06. The summed E-state index contributed by atoms with van der Waals surface area (Å²) in [7, 11) is 1.62. The highest BCUT2D eigenvalue weighted by Crippen LogP contribution is 2.27. The van der Waals surface area contributed by atoms with Gasteiger partial charge in [0.1, 0.15) is 22.9 Å². The summed E-state index contributed by atoms with van der Waals surface area (Å²) in [5, 5.41) is 9.19. The Morgan fingerprint density at radius 3 is 2.77 bits per heavy atom. The van der Waals surface area contributed by atoms with Crippen molar-refractivity contribution < 1.29 is 9.13 Å². The van der Waals surface area contributed by atoms with Gasteiger partial charge in [-0.15, -0.1) is 5.10 Å². The summed E-state index contributed by atoms with van der Waals surface area (Å²) >= 11 is 1.51. The van der Waals surface area contributed by atoms with Gasteiger partial charge in [0.2, 0.25) is 0 Å². The molecule has 26 heavy (non-hydrogen) atoms. The Kier molecular flexibility index (Phi) is 4.49. The molecule has 6 nitrogen and oxygen atoms in total. The average Bonchev–Trinajstić information content (AvgIpc) is 3.12. The van der Waals surface area contributed by atoms with Crippen molar-refractivity contribution in [3.8, 4) is 11.4 Å². The van der Waals surface area contributed by atoms with Crippen molar-refractivity contribution in [1.82, 2.24) is 25.0 Å². The molecule has 0 amide bonds. The molecule has 4 aromatic rings. The van der Waals surface area contributed by atoms with Crippen LogP contribution < -0.4 is 4.74 Å². The Morgan fingerprint density at radius 2 is 1.96 bits per heavy atom. The van der Waals surface area contributed by atoms with Crippen molar-refractivity contribution in [2.45, 2.75) is 10.8 Å². The van der Waals surface area contributed by atoms with Crippen LogP contribution in [0.3, 0.4) is 0 Å². The van der Waals surface area contributed by atoms with E-state index < -0.39 is 0 Å². The van der Waals surface area contributed by atoms with Gasteiger partial charge in [0.25, 0.3) is 0 Å². The predicted octanol–water partition coefficient (Wildman–Crippen LogP) is 3.65. The second kappa shape index (κ2) is 7.09. The molecule has 0 bridgehead atoms. The lowest BCUT2D eigenvalue weighted by atomic mass is 10.2. The fourth-order valence-electron chi connectivity index (χ4n) is 2.48. The van der Waals surface area contributed by atoms with Crippen LogP contribution in [0.15, 0.2) is 59.9 Å². The number of halogens is 1. The molecule has 0 aliphatic carbocycles. The first-order valence-electron chi connectivity index (χ1n) is 7.82. The summed E-state index contributed by atoms with van der Waals surface area (Å²) in [6, 6.07) is 13.9. The number of thioether (sulfide) groups is 1. The number of aromatic nitrogens is 5. The molecule has 0 aliphatic heterocycles. The van der Waals surface area contributed by atoms with Crippen LogP contribution in [0.25, 0.3) is 16.9 Å². The van der Waals surface area contributed by atoms with Crippen LogP contribution in [0, 0.1) is 5.82 Å². The molecule has 2 aromatic carbocycles. The highest BCUT2D eigenvalue weighted by molar-refractivity contribution is 7.98. The quantitative estimate of drug-likeness (QED) is 0.396. The first kappa shape index (κ1) is 16.5. The molecule has 0 atom stereocenters. The molecule has 0 fully saturated rings. The first-order valence-corrected chi connectivity index (χ1v) is 8.81. The van der Waals surface area contributed by atoms with Gasteiger partial charge in [-0.3, -0.25) is 0 Å². The van der Waals surface area contributed by atoms with Gasteiger partial charge in [0, 0.05) is 11.8 Å². The Labute approximate surface area is 153 Å². The molecular weight excluding hydrogens is 353 g/mol. The largest absolute Gasteiger partial charge is 0.497 e. The maximum absolute atomic E-state index is 13.0. The lowest BCUT2D eigenvalue weighted by Gasteiger charge is -2.05. The number of methoxy groups -OCH3 is 1. The Morgan fingerprint density at radius 1 is 1.12 bits per heavy atom. The van der Waals surface area contributed by atoms with Crippen LogP contribution in [0.1, 0.15) is 5.56 Å². The van der Waals surface area contributed by atoms with E-state index in [1.165, 1.54) is 30.2 Å². The van der Waals surface area contributed by atoms with Gasteiger partial charge in [0.05, 0.1) is 12.8 Å². The van der Waals surface area contributed by atoms with E-state index in [2.05, 4.69) is 20.3 Å². The van der Waals surface area contributed by atoms with Gasteiger partial charge in [-0.05, 0) is 29.8 Å². The summed E-state index contributed by atoms with van der Waals surface area (Å²) in [6.45, 7) is 0. The SMILES string of the molecule is COc1cccc(-n2nnc3c(SCc4ccc(F)cc4)ncnc32)c1. The molecule has 0 unspecified atom stereocenters. The van der Waals surface area contributed by atoms with Gasteiger partial charge < -0.3 is 4.74 Å². The highest BCUT2D eigenvalue weighted by atomic mass is 32.2. The van der Waals surface area contributed by atoms with Crippen molar-refractivity contribution in [1.29, 1.82) is 0 Å². The van der Waals surface area contributed by atoms with E-state index in [9.17, 15) is 4.39 Å². The fraction of sp³-hybridized carbons (Fsp3) is 0.111. The third-order valence-corrected chi connectivity index (χ3v) is 4.84. The van der Waals surface area contributed by atoms with Crippen LogP contribution in [0.5, 0.6) is 5.75 Å². The van der Waals surface area contributed by atoms with E-state index >= 15 is 0 Å². The summed E-state index contributed by atoms with van der Waals surface area (Å²) in [4.78, 5) is 8.64. The van der Waals surface area contributed by atoms with E-state index in [4.69, 9.17) is 4.74 Å². The molecular formula is C18H14FN5OS. The van der Waals surface area contributed by atoms with Gasteiger partial charge in [-0.2, -0.15) is 4.68 Å². The zero-order valence-corrected chi connectivity index (χ0v) is 14.7. The molecule has 0 saturated heterocycles.